The van der Waals surface area contributed by atoms with Crippen LogP contribution in [0, 0.1) is 5.82 Å². The smallest absolute Gasteiger partial charge is 0.340 e. The Balaban J connectivity index is 3.12. The molecule has 0 aliphatic heterocycles. The molecule has 0 aliphatic rings. The lowest BCUT2D eigenvalue weighted by Crippen LogP contribution is -2.10. The highest BCUT2D eigenvalue weighted by Gasteiger charge is 2.21. The van der Waals surface area contributed by atoms with E-state index in [1.165, 1.54) is 6.92 Å². The third-order valence-electron chi connectivity index (χ3n) is 1.59. The minimum absolute atomic E-state index is 0.0258. The van der Waals surface area contributed by atoms with Crippen LogP contribution in [0.15, 0.2) is 12.3 Å². The van der Waals surface area contributed by atoms with Crippen LogP contribution in [0.3, 0.4) is 0 Å². The van der Waals surface area contributed by atoms with Gasteiger partial charge in [-0.25, -0.2) is 18.0 Å². The van der Waals surface area contributed by atoms with Gasteiger partial charge in [-0.05, 0) is 13.0 Å². The van der Waals surface area contributed by atoms with Gasteiger partial charge < -0.3 is 4.74 Å². The average molecular weight is 219 g/mol. The van der Waals surface area contributed by atoms with Crippen LogP contribution in [0.4, 0.5) is 13.2 Å². The quantitative estimate of drug-likeness (QED) is 0.732. The zero-order chi connectivity index (χ0) is 11.4. The molecule has 3 nitrogen and oxygen atoms in total. The van der Waals surface area contributed by atoms with Crippen LogP contribution >= 0.6 is 0 Å². The molecule has 0 bridgehead atoms. The SMILES string of the molecule is CCOC(=O)c1cc(F)cnc1C(F)F. The molecule has 0 aliphatic carbocycles. The zero-order valence-corrected chi connectivity index (χ0v) is 7.84. The van der Waals surface area contributed by atoms with Crippen LogP contribution in [0.25, 0.3) is 0 Å². The van der Waals surface area contributed by atoms with Gasteiger partial charge in [-0.3, -0.25) is 4.98 Å². The van der Waals surface area contributed by atoms with Crippen molar-refractivity contribution in [3.05, 3.63) is 29.3 Å². The molecule has 0 aromatic carbocycles. The Morgan fingerprint density at radius 1 is 1.60 bits per heavy atom. The lowest BCUT2D eigenvalue weighted by molar-refractivity contribution is 0.0512. The molecule has 1 aromatic heterocycles. The number of ether oxygens (including phenoxy) is 1. The summed E-state index contributed by atoms with van der Waals surface area (Å²) in [4.78, 5) is 14.3. The van der Waals surface area contributed by atoms with Gasteiger partial charge in [0, 0.05) is 0 Å². The van der Waals surface area contributed by atoms with Crippen LogP contribution < -0.4 is 0 Å². The summed E-state index contributed by atoms with van der Waals surface area (Å²) in [5.41, 5.74) is -1.30. The maximum absolute atomic E-state index is 12.7. The Morgan fingerprint density at radius 3 is 2.80 bits per heavy atom. The van der Waals surface area contributed by atoms with Gasteiger partial charge in [0.1, 0.15) is 11.5 Å². The molecule has 0 N–H and O–H groups in total. The molecule has 0 fully saturated rings. The van der Waals surface area contributed by atoms with Crippen LogP contribution in [0.2, 0.25) is 0 Å². The first-order valence-electron chi connectivity index (χ1n) is 4.17. The molecule has 82 valence electrons. The summed E-state index contributed by atoms with van der Waals surface area (Å²) < 4.78 is 41.9. The first-order valence-corrected chi connectivity index (χ1v) is 4.17. The van der Waals surface area contributed by atoms with Gasteiger partial charge in [-0.15, -0.1) is 0 Å². The van der Waals surface area contributed by atoms with E-state index in [1.54, 1.807) is 0 Å². The van der Waals surface area contributed by atoms with Crippen molar-refractivity contribution in [2.75, 3.05) is 6.61 Å². The number of rotatable bonds is 3. The summed E-state index contributed by atoms with van der Waals surface area (Å²) in [6.45, 7) is 1.55. The van der Waals surface area contributed by atoms with E-state index in [2.05, 4.69) is 9.72 Å². The molecule has 0 radical (unpaired) electrons. The highest BCUT2D eigenvalue weighted by Crippen LogP contribution is 2.21. The Bertz CT molecular complexity index is 368. The van der Waals surface area contributed by atoms with E-state index >= 15 is 0 Å². The molecule has 15 heavy (non-hydrogen) atoms. The Hall–Kier alpha value is -1.59. The molecular weight excluding hydrogens is 211 g/mol. The van der Waals surface area contributed by atoms with Crippen molar-refractivity contribution < 1.29 is 22.7 Å². The van der Waals surface area contributed by atoms with Crippen molar-refractivity contribution in [3.8, 4) is 0 Å². The normalized spacial score (nSPS) is 10.5. The fourth-order valence-corrected chi connectivity index (χ4v) is 0.996. The maximum atomic E-state index is 12.7. The second-order valence-electron chi connectivity index (χ2n) is 2.61. The maximum Gasteiger partial charge on any atom is 0.340 e. The Kier molecular flexibility index (Phi) is 3.65. The Morgan fingerprint density at radius 2 is 2.27 bits per heavy atom. The molecule has 0 spiro atoms. The number of halogens is 3. The molecular formula is C9H8F3NO2. The van der Waals surface area contributed by atoms with E-state index in [0.717, 1.165) is 0 Å². The number of carbonyl (C=O) groups is 1. The van der Waals surface area contributed by atoms with Crippen molar-refractivity contribution in [1.82, 2.24) is 4.98 Å². The molecule has 0 unspecified atom stereocenters. The van der Waals surface area contributed by atoms with E-state index in [9.17, 15) is 18.0 Å². The molecule has 0 saturated heterocycles. The Labute approximate surface area is 83.9 Å². The fourth-order valence-electron chi connectivity index (χ4n) is 0.996. The molecule has 1 aromatic rings. The summed E-state index contributed by atoms with van der Waals surface area (Å²) in [7, 11) is 0. The minimum atomic E-state index is -2.94. The van der Waals surface area contributed by atoms with Gasteiger partial charge in [-0.1, -0.05) is 0 Å². The number of carbonyl (C=O) groups excluding carboxylic acids is 1. The third kappa shape index (κ3) is 2.68. The average Bonchev–Trinajstić information content (AvgIpc) is 2.17. The second-order valence-corrected chi connectivity index (χ2v) is 2.61. The first kappa shape index (κ1) is 11.5. The summed E-state index contributed by atoms with van der Waals surface area (Å²) in [6, 6.07) is 0.687. The van der Waals surface area contributed by atoms with Gasteiger partial charge in [0.25, 0.3) is 6.43 Å². The lowest BCUT2D eigenvalue weighted by atomic mass is 10.2. The number of hydrogen-bond acceptors (Lipinski definition) is 3. The molecule has 0 amide bonds. The van der Waals surface area contributed by atoms with Gasteiger partial charge in [0.2, 0.25) is 0 Å². The molecule has 0 atom stereocenters. The lowest BCUT2D eigenvalue weighted by Gasteiger charge is -2.06. The van der Waals surface area contributed by atoms with Crippen molar-refractivity contribution >= 4 is 5.97 Å². The van der Waals surface area contributed by atoms with Crippen LogP contribution in [0.5, 0.6) is 0 Å². The predicted molar refractivity (Wildman–Crippen MR) is 45.1 cm³/mol. The number of pyridine rings is 1. The van der Waals surface area contributed by atoms with Crippen molar-refractivity contribution in [2.45, 2.75) is 13.3 Å². The minimum Gasteiger partial charge on any atom is -0.462 e. The van der Waals surface area contributed by atoms with Crippen molar-refractivity contribution in [1.29, 1.82) is 0 Å². The van der Waals surface area contributed by atoms with Crippen LogP contribution in [-0.2, 0) is 4.74 Å². The van der Waals surface area contributed by atoms with E-state index in [4.69, 9.17) is 0 Å². The number of alkyl halides is 2. The van der Waals surface area contributed by atoms with Gasteiger partial charge >= 0.3 is 5.97 Å². The first-order chi connectivity index (χ1) is 7.06. The third-order valence-corrected chi connectivity index (χ3v) is 1.59. The zero-order valence-electron chi connectivity index (χ0n) is 7.84. The summed E-state index contributed by atoms with van der Waals surface area (Å²) >= 11 is 0. The van der Waals surface area contributed by atoms with Gasteiger partial charge in [0.15, 0.2) is 0 Å². The van der Waals surface area contributed by atoms with Crippen LogP contribution in [0.1, 0.15) is 29.4 Å². The number of aromatic nitrogens is 1. The standard InChI is InChI=1S/C9H8F3NO2/c1-2-15-9(14)6-3-5(10)4-13-7(6)8(11)12/h3-4,8H,2H2,1H3. The predicted octanol–water partition coefficient (Wildman–Crippen LogP) is 2.33. The van der Waals surface area contributed by atoms with Gasteiger partial charge in [-0.2, -0.15) is 0 Å². The summed E-state index contributed by atoms with van der Waals surface area (Å²) in [5.74, 6) is -1.86. The van der Waals surface area contributed by atoms with E-state index in [0.29, 0.717) is 12.3 Å². The highest BCUT2D eigenvalue weighted by molar-refractivity contribution is 5.90. The number of nitrogens with zero attached hydrogens (tertiary/aromatic N) is 1. The molecule has 0 saturated carbocycles. The molecule has 6 heteroatoms. The monoisotopic (exact) mass is 219 g/mol. The van der Waals surface area contributed by atoms with E-state index < -0.39 is 29.5 Å². The molecule has 1 rings (SSSR count). The van der Waals surface area contributed by atoms with Crippen molar-refractivity contribution in [2.24, 2.45) is 0 Å². The van der Waals surface area contributed by atoms with Crippen LogP contribution in [-0.4, -0.2) is 17.6 Å². The molecule has 1 heterocycles. The number of esters is 1. The van der Waals surface area contributed by atoms with Gasteiger partial charge in [0.05, 0.1) is 18.4 Å². The topological polar surface area (TPSA) is 39.2 Å². The van der Waals surface area contributed by atoms with E-state index in [1.807, 2.05) is 0 Å². The summed E-state index contributed by atoms with van der Waals surface area (Å²) in [6.07, 6.45) is -2.31. The second kappa shape index (κ2) is 4.77. The number of hydrogen-bond donors (Lipinski definition) is 0. The fraction of sp³-hybridized carbons (Fsp3) is 0.333. The summed E-state index contributed by atoms with van der Waals surface area (Å²) in [5, 5.41) is 0. The van der Waals surface area contributed by atoms with Crippen molar-refractivity contribution in [3.63, 3.8) is 0 Å². The largest absolute Gasteiger partial charge is 0.462 e. The van der Waals surface area contributed by atoms with E-state index in [-0.39, 0.29) is 6.61 Å². The highest BCUT2D eigenvalue weighted by atomic mass is 19.3.